The molecular formula is C18H27FN4O2. The molecule has 0 aromatic heterocycles. The van der Waals surface area contributed by atoms with Gasteiger partial charge in [0.15, 0.2) is 0 Å². The number of piperazine rings is 1. The maximum Gasteiger partial charge on any atom is 0.237 e. The summed E-state index contributed by atoms with van der Waals surface area (Å²) >= 11 is 0. The molecule has 0 aliphatic carbocycles. The number of carbonyl (C=O) groups is 2. The Balaban J connectivity index is 2.01. The van der Waals surface area contributed by atoms with Crippen LogP contribution in [-0.2, 0) is 16.1 Å². The molecule has 1 aromatic carbocycles. The summed E-state index contributed by atoms with van der Waals surface area (Å²) in [6, 6.07) is 5.83. The summed E-state index contributed by atoms with van der Waals surface area (Å²) in [6.07, 6.45) is 0.130. The van der Waals surface area contributed by atoms with Crippen molar-refractivity contribution < 1.29 is 14.0 Å². The lowest BCUT2D eigenvalue weighted by atomic mass is 10.1. The number of likely N-dealkylation sites (N-methyl/N-ethyl adjacent to an activating group) is 2. The van der Waals surface area contributed by atoms with Gasteiger partial charge in [-0.15, -0.1) is 0 Å². The van der Waals surface area contributed by atoms with E-state index in [2.05, 4.69) is 5.32 Å². The van der Waals surface area contributed by atoms with Crippen molar-refractivity contribution in [1.29, 1.82) is 0 Å². The predicted octanol–water partition coefficient (Wildman–Crippen LogP) is 0.536. The molecule has 0 saturated carbocycles. The number of hydrogen-bond donors (Lipinski definition) is 1. The first kappa shape index (κ1) is 19.3. The van der Waals surface area contributed by atoms with Gasteiger partial charge in [-0.3, -0.25) is 14.5 Å². The fraction of sp³-hybridized carbons (Fsp3) is 0.556. The van der Waals surface area contributed by atoms with Crippen LogP contribution in [0.1, 0.15) is 12.0 Å². The summed E-state index contributed by atoms with van der Waals surface area (Å²) in [7, 11) is 5.66. The average Bonchev–Trinajstić information content (AvgIpc) is 2.55. The van der Waals surface area contributed by atoms with Crippen molar-refractivity contribution in [2.45, 2.75) is 19.0 Å². The summed E-state index contributed by atoms with van der Waals surface area (Å²) in [5, 5.41) is 2.82. The molecule has 0 bridgehead atoms. The van der Waals surface area contributed by atoms with E-state index >= 15 is 0 Å². The molecule has 1 heterocycles. The van der Waals surface area contributed by atoms with Crippen molar-refractivity contribution in [3.05, 3.63) is 35.6 Å². The lowest BCUT2D eigenvalue weighted by Crippen LogP contribution is -2.56. The molecule has 1 aliphatic rings. The van der Waals surface area contributed by atoms with Crippen molar-refractivity contribution in [2.24, 2.45) is 0 Å². The van der Waals surface area contributed by atoms with Gasteiger partial charge in [0.05, 0.1) is 12.5 Å². The molecule has 6 nitrogen and oxygen atoms in total. The highest BCUT2D eigenvalue weighted by Gasteiger charge is 2.32. The SMILES string of the molecule is CN(C)CCN(C)C(=O)CC1C(=O)NCCN1Cc1cccc(F)c1. The highest BCUT2D eigenvalue weighted by molar-refractivity contribution is 5.88. The first-order valence-corrected chi connectivity index (χ1v) is 8.51. The van der Waals surface area contributed by atoms with Crippen LogP contribution in [0.25, 0.3) is 0 Å². The molecule has 2 rings (SSSR count). The van der Waals surface area contributed by atoms with E-state index < -0.39 is 6.04 Å². The molecule has 7 heteroatoms. The van der Waals surface area contributed by atoms with E-state index in [4.69, 9.17) is 0 Å². The normalized spacial score (nSPS) is 18.3. The minimum atomic E-state index is -0.522. The van der Waals surface area contributed by atoms with E-state index in [1.165, 1.54) is 12.1 Å². The maximum atomic E-state index is 13.4. The molecule has 0 spiro atoms. The molecule has 1 unspecified atom stereocenters. The van der Waals surface area contributed by atoms with Gasteiger partial charge in [-0.2, -0.15) is 0 Å². The third-order valence-corrected chi connectivity index (χ3v) is 4.39. The number of hydrogen-bond acceptors (Lipinski definition) is 4. The summed E-state index contributed by atoms with van der Waals surface area (Å²) in [6.45, 7) is 3.01. The van der Waals surface area contributed by atoms with Crippen molar-refractivity contribution in [2.75, 3.05) is 47.3 Å². The minimum Gasteiger partial charge on any atom is -0.353 e. The van der Waals surface area contributed by atoms with Crippen LogP contribution >= 0.6 is 0 Å². The molecule has 138 valence electrons. The van der Waals surface area contributed by atoms with Crippen molar-refractivity contribution in [1.82, 2.24) is 20.0 Å². The van der Waals surface area contributed by atoms with Crippen LogP contribution in [0.4, 0.5) is 4.39 Å². The second kappa shape index (κ2) is 8.92. The molecule has 1 aliphatic heterocycles. The quantitative estimate of drug-likeness (QED) is 0.780. The molecular weight excluding hydrogens is 323 g/mol. The van der Waals surface area contributed by atoms with Gasteiger partial charge in [0.2, 0.25) is 11.8 Å². The molecule has 1 atom stereocenters. The molecule has 0 radical (unpaired) electrons. The molecule has 1 aromatic rings. The van der Waals surface area contributed by atoms with Crippen LogP contribution in [0.5, 0.6) is 0 Å². The summed E-state index contributed by atoms with van der Waals surface area (Å²) in [5.41, 5.74) is 0.799. The Hall–Kier alpha value is -1.99. The van der Waals surface area contributed by atoms with Gasteiger partial charge in [-0.25, -0.2) is 4.39 Å². The van der Waals surface area contributed by atoms with Gasteiger partial charge in [0, 0.05) is 39.8 Å². The summed E-state index contributed by atoms with van der Waals surface area (Å²) in [4.78, 5) is 30.4. The molecule has 1 fully saturated rings. The number of nitrogens with one attached hydrogen (secondary N) is 1. The topological polar surface area (TPSA) is 55.9 Å². The molecule has 1 N–H and O–H groups in total. The Morgan fingerprint density at radius 1 is 1.32 bits per heavy atom. The first-order chi connectivity index (χ1) is 11.9. The van der Waals surface area contributed by atoms with Gasteiger partial charge in [0.1, 0.15) is 5.82 Å². The summed E-state index contributed by atoms with van der Waals surface area (Å²) in [5.74, 6) is -0.500. The lowest BCUT2D eigenvalue weighted by Gasteiger charge is -2.35. The zero-order valence-electron chi connectivity index (χ0n) is 15.2. The van der Waals surface area contributed by atoms with Crippen molar-refractivity contribution in [3.8, 4) is 0 Å². The van der Waals surface area contributed by atoms with E-state index in [-0.39, 0.29) is 24.1 Å². The zero-order chi connectivity index (χ0) is 18.4. The number of carbonyl (C=O) groups excluding carboxylic acids is 2. The van der Waals surface area contributed by atoms with Gasteiger partial charge in [0.25, 0.3) is 0 Å². The third kappa shape index (κ3) is 5.79. The van der Waals surface area contributed by atoms with Crippen LogP contribution in [0.3, 0.4) is 0 Å². The largest absolute Gasteiger partial charge is 0.353 e. The molecule has 25 heavy (non-hydrogen) atoms. The monoisotopic (exact) mass is 350 g/mol. The number of nitrogens with zero attached hydrogens (tertiary/aromatic N) is 3. The van der Waals surface area contributed by atoms with Gasteiger partial charge in [-0.05, 0) is 31.8 Å². The minimum absolute atomic E-state index is 0.0619. The zero-order valence-corrected chi connectivity index (χ0v) is 15.2. The number of rotatable bonds is 7. The second-order valence-electron chi connectivity index (χ2n) is 6.73. The van der Waals surface area contributed by atoms with E-state index in [9.17, 15) is 14.0 Å². The van der Waals surface area contributed by atoms with Crippen molar-refractivity contribution in [3.63, 3.8) is 0 Å². The number of amides is 2. The van der Waals surface area contributed by atoms with Crippen LogP contribution in [0.15, 0.2) is 24.3 Å². The highest BCUT2D eigenvalue weighted by Crippen LogP contribution is 2.15. The fourth-order valence-electron chi connectivity index (χ4n) is 2.84. The van der Waals surface area contributed by atoms with Crippen LogP contribution in [0, 0.1) is 5.82 Å². The predicted molar refractivity (Wildman–Crippen MR) is 94.4 cm³/mol. The number of halogens is 1. The van der Waals surface area contributed by atoms with Crippen LogP contribution < -0.4 is 5.32 Å². The second-order valence-corrected chi connectivity index (χ2v) is 6.73. The summed E-state index contributed by atoms with van der Waals surface area (Å²) < 4.78 is 13.4. The van der Waals surface area contributed by atoms with Gasteiger partial charge >= 0.3 is 0 Å². The van der Waals surface area contributed by atoms with Gasteiger partial charge < -0.3 is 15.1 Å². The van der Waals surface area contributed by atoms with Crippen molar-refractivity contribution >= 4 is 11.8 Å². The average molecular weight is 350 g/mol. The third-order valence-electron chi connectivity index (χ3n) is 4.39. The van der Waals surface area contributed by atoms with E-state index in [1.807, 2.05) is 30.0 Å². The fourth-order valence-corrected chi connectivity index (χ4v) is 2.84. The van der Waals surface area contributed by atoms with E-state index in [1.54, 1.807) is 18.0 Å². The Morgan fingerprint density at radius 3 is 2.76 bits per heavy atom. The van der Waals surface area contributed by atoms with Gasteiger partial charge in [-0.1, -0.05) is 12.1 Å². The first-order valence-electron chi connectivity index (χ1n) is 8.51. The molecule has 1 saturated heterocycles. The smallest absolute Gasteiger partial charge is 0.237 e. The molecule has 2 amide bonds. The Labute approximate surface area is 148 Å². The maximum absolute atomic E-state index is 13.4. The Morgan fingerprint density at radius 2 is 2.08 bits per heavy atom. The van der Waals surface area contributed by atoms with E-state index in [0.717, 1.165) is 12.1 Å². The standard InChI is InChI=1S/C18H27FN4O2/c1-21(2)9-10-22(3)17(24)12-16-18(25)20-7-8-23(16)13-14-5-4-6-15(19)11-14/h4-6,11,16H,7-10,12-13H2,1-3H3,(H,20,25). The van der Waals surface area contributed by atoms with E-state index in [0.29, 0.717) is 26.2 Å². The van der Waals surface area contributed by atoms with Crippen LogP contribution in [0.2, 0.25) is 0 Å². The Bertz CT molecular complexity index is 608. The highest BCUT2D eigenvalue weighted by atomic mass is 19.1. The lowest BCUT2D eigenvalue weighted by molar-refractivity contribution is -0.138. The number of benzene rings is 1. The Kier molecular flexibility index (Phi) is 6.90. The van der Waals surface area contributed by atoms with Crippen LogP contribution in [-0.4, -0.2) is 79.9 Å².